The Morgan fingerprint density at radius 2 is 2.06 bits per heavy atom. The molecular formula is C13H14ClFO. The number of halogens is 2. The zero-order chi connectivity index (χ0) is 12.1. The Morgan fingerprint density at radius 1 is 1.50 bits per heavy atom. The maximum Gasteiger partial charge on any atom is 0.168 e. The molecule has 1 aromatic carbocycles. The second-order valence-corrected chi connectivity index (χ2v) is 5.60. The molecule has 1 fully saturated rings. The van der Waals surface area contributed by atoms with Crippen LogP contribution in [-0.4, -0.2) is 5.78 Å². The maximum absolute atomic E-state index is 13.2. The number of ketones is 1. The third kappa shape index (κ3) is 1.86. The minimum atomic E-state index is -0.364. The van der Waals surface area contributed by atoms with Crippen molar-refractivity contribution in [3.63, 3.8) is 0 Å². The van der Waals surface area contributed by atoms with Crippen molar-refractivity contribution in [3.05, 3.63) is 34.1 Å². The molecule has 0 N–H and O–H groups in total. The number of rotatable bonds is 2. The van der Waals surface area contributed by atoms with Crippen molar-refractivity contribution >= 4 is 17.4 Å². The standard InChI is InChI=1S/C13H14ClFO/c1-7-4-8(10(14)5-11(7)15)12(16)9-6-13(9,2)3/h4-5,9H,6H2,1-3H3. The number of carbonyl (C=O) groups is 1. The highest BCUT2D eigenvalue weighted by atomic mass is 35.5. The quantitative estimate of drug-likeness (QED) is 0.714. The van der Waals surface area contributed by atoms with Crippen LogP contribution in [0.2, 0.25) is 5.02 Å². The summed E-state index contributed by atoms with van der Waals surface area (Å²) in [5.41, 5.74) is 0.991. The summed E-state index contributed by atoms with van der Waals surface area (Å²) in [5, 5.41) is 0.218. The zero-order valence-corrected chi connectivity index (χ0v) is 10.4. The molecule has 3 heteroatoms. The zero-order valence-electron chi connectivity index (χ0n) is 9.60. The van der Waals surface area contributed by atoms with Crippen LogP contribution in [0, 0.1) is 24.1 Å². The van der Waals surface area contributed by atoms with E-state index in [1.54, 1.807) is 13.0 Å². The lowest BCUT2D eigenvalue weighted by Crippen LogP contribution is -2.08. The van der Waals surface area contributed by atoms with E-state index in [1.165, 1.54) is 6.07 Å². The summed E-state index contributed by atoms with van der Waals surface area (Å²) in [6, 6.07) is 2.77. The van der Waals surface area contributed by atoms with Gasteiger partial charge in [0, 0.05) is 11.5 Å². The molecule has 2 rings (SSSR count). The molecule has 0 bridgehead atoms. The summed E-state index contributed by atoms with van der Waals surface area (Å²) in [7, 11) is 0. The van der Waals surface area contributed by atoms with Crippen molar-refractivity contribution in [1.29, 1.82) is 0 Å². The van der Waals surface area contributed by atoms with Gasteiger partial charge in [0.1, 0.15) is 5.82 Å². The van der Waals surface area contributed by atoms with Crippen molar-refractivity contribution in [2.45, 2.75) is 27.2 Å². The molecule has 0 spiro atoms. The van der Waals surface area contributed by atoms with Crippen molar-refractivity contribution in [2.24, 2.45) is 11.3 Å². The van der Waals surface area contributed by atoms with Crippen molar-refractivity contribution in [3.8, 4) is 0 Å². The van der Waals surface area contributed by atoms with Gasteiger partial charge in [-0.1, -0.05) is 25.4 Å². The first-order valence-electron chi connectivity index (χ1n) is 5.33. The molecule has 1 nitrogen and oxygen atoms in total. The topological polar surface area (TPSA) is 17.1 Å². The third-order valence-electron chi connectivity index (χ3n) is 3.34. The molecular weight excluding hydrogens is 227 g/mol. The minimum absolute atomic E-state index is 0.0369. The molecule has 1 aromatic rings. The van der Waals surface area contributed by atoms with Gasteiger partial charge in [-0.25, -0.2) is 4.39 Å². The van der Waals surface area contributed by atoms with Crippen LogP contribution in [0.1, 0.15) is 36.2 Å². The predicted octanol–water partition coefficient (Wildman–Crippen LogP) is 4.02. The molecule has 16 heavy (non-hydrogen) atoms. The van der Waals surface area contributed by atoms with Crippen LogP contribution in [0.15, 0.2) is 12.1 Å². The fraction of sp³-hybridized carbons (Fsp3) is 0.462. The van der Waals surface area contributed by atoms with E-state index in [4.69, 9.17) is 11.6 Å². The van der Waals surface area contributed by atoms with Gasteiger partial charge < -0.3 is 0 Å². The lowest BCUT2D eigenvalue weighted by molar-refractivity contribution is 0.0953. The van der Waals surface area contributed by atoms with E-state index in [0.29, 0.717) is 11.1 Å². The van der Waals surface area contributed by atoms with Crippen LogP contribution in [-0.2, 0) is 0 Å². The molecule has 1 aliphatic carbocycles. The van der Waals surface area contributed by atoms with E-state index in [2.05, 4.69) is 13.8 Å². The highest BCUT2D eigenvalue weighted by Gasteiger charge is 2.50. The molecule has 1 atom stereocenters. The fourth-order valence-corrected chi connectivity index (χ4v) is 2.19. The summed E-state index contributed by atoms with van der Waals surface area (Å²) in [4.78, 5) is 12.1. The molecule has 0 aromatic heterocycles. The summed E-state index contributed by atoms with van der Waals surface area (Å²) < 4.78 is 13.2. The first-order chi connectivity index (χ1) is 7.33. The lowest BCUT2D eigenvalue weighted by Gasteiger charge is -2.07. The molecule has 86 valence electrons. The van der Waals surface area contributed by atoms with Gasteiger partial charge in [-0.15, -0.1) is 0 Å². The normalized spacial score (nSPS) is 21.9. The lowest BCUT2D eigenvalue weighted by atomic mass is 10.00. The molecule has 1 unspecified atom stereocenters. The second kappa shape index (κ2) is 3.56. The molecule has 0 heterocycles. The Bertz CT molecular complexity index is 465. The van der Waals surface area contributed by atoms with E-state index in [9.17, 15) is 9.18 Å². The van der Waals surface area contributed by atoms with Crippen molar-refractivity contribution in [1.82, 2.24) is 0 Å². The average molecular weight is 241 g/mol. The minimum Gasteiger partial charge on any atom is -0.294 e. The average Bonchev–Trinajstić information content (AvgIpc) is 2.80. The number of hydrogen-bond acceptors (Lipinski definition) is 1. The van der Waals surface area contributed by atoms with Gasteiger partial charge in [-0.2, -0.15) is 0 Å². The van der Waals surface area contributed by atoms with E-state index in [1.807, 2.05) is 0 Å². The molecule has 1 saturated carbocycles. The summed E-state index contributed by atoms with van der Waals surface area (Å²) in [5.74, 6) is -0.287. The second-order valence-electron chi connectivity index (χ2n) is 5.19. The summed E-state index contributed by atoms with van der Waals surface area (Å²) in [6.07, 6.45) is 0.887. The Morgan fingerprint density at radius 3 is 2.56 bits per heavy atom. The van der Waals surface area contributed by atoms with Gasteiger partial charge in [0.15, 0.2) is 5.78 Å². The van der Waals surface area contributed by atoms with E-state index in [-0.39, 0.29) is 28.0 Å². The van der Waals surface area contributed by atoms with E-state index in [0.717, 1.165) is 6.42 Å². The first kappa shape index (κ1) is 11.6. The highest BCUT2D eigenvalue weighted by molar-refractivity contribution is 6.34. The van der Waals surface area contributed by atoms with Crippen LogP contribution in [0.25, 0.3) is 0 Å². The monoisotopic (exact) mass is 240 g/mol. The van der Waals surface area contributed by atoms with E-state index >= 15 is 0 Å². The van der Waals surface area contributed by atoms with Crippen molar-refractivity contribution in [2.75, 3.05) is 0 Å². The number of Topliss-reactive ketones (excluding diaryl/α,β-unsaturated/α-hetero) is 1. The Hall–Kier alpha value is -0.890. The SMILES string of the molecule is Cc1cc(C(=O)C2CC2(C)C)c(Cl)cc1F. The van der Waals surface area contributed by atoms with Crippen LogP contribution in [0.5, 0.6) is 0 Å². The van der Waals surface area contributed by atoms with Crippen LogP contribution >= 0.6 is 11.6 Å². The van der Waals surface area contributed by atoms with Crippen LogP contribution in [0.3, 0.4) is 0 Å². The number of benzene rings is 1. The molecule has 0 aliphatic heterocycles. The third-order valence-corrected chi connectivity index (χ3v) is 3.66. The van der Waals surface area contributed by atoms with Gasteiger partial charge in [0.25, 0.3) is 0 Å². The van der Waals surface area contributed by atoms with Gasteiger partial charge in [0.05, 0.1) is 5.02 Å². The molecule has 0 amide bonds. The molecule has 0 radical (unpaired) electrons. The Kier molecular flexibility index (Phi) is 2.58. The molecule has 1 aliphatic rings. The van der Waals surface area contributed by atoms with Gasteiger partial charge in [-0.05, 0) is 36.5 Å². The number of carbonyl (C=O) groups excluding carboxylic acids is 1. The van der Waals surface area contributed by atoms with E-state index < -0.39 is 0 Å². The van der Waals surface area contributed by atoms with Gasteiger partial charge in [0.2, 0.25) is 0 Å². The highest BCUT2D eigenvalue weighted by Crippen LogP contribution is 2.53. The Balaban J connectivity index is 2.35. The smallest absolute Gasteiger partial charge is 0.168 e. The maximum atomic E-state index is 13.2. The fourth-order valence-electron chi connectivity index (χ4n) is 1.95. The van der Waals surface area contributed by atoms with Crippen molar-refractivity contribution < 1.29 is 9.18 Å². The van der Waals surface area contributed by atoms with Gasteiger partial charge >= 0.3 is 0 Å². The summed E-state index contributed by atoms with van der Waals surface area (Å²) in [6.45, 7) is 5.75. The first-order valence-corrected chi connectivity index (χ1v) is 5.70. The largest absolute Gasteiger partial charge is 0.294 e. The van der Waals surface area contributed by atoms with Gasteiger partial charge in [-0.3, -0.25) is 4.79 Å². The number of aryl methyl sites for hydroxylation is 1. The summed E-state index contributed by atoms with van der Waals surface area (Å²) >= 11 is 5.90. The number of hydrogen-bond donors (Lipinski definition) is 0. The Labute approximate surface area is 99.6 Å². The predicted molar refractivity (Wildman–Crippen MR) is 62.4 cm³/mol. The molecule has 0 saturated heterocycles. The van der Waals surface area contributed by atoms with Crippen LogP contribution < -0.4 is 0 Å². The van der Waals surface area contributed by atoms with Crippen LogP contribution in [0.4, 0.5) is 4.39 Å².